The highest BCUT2D eigenvalue weighted by atomic mass is 35.5. The molecule has 0 heterocycles. The summed E-state index contributed by atoms with van der Waals surface area (Å²) in [5.41, 5.74) is 0.684. The molecule has 1 aliphatic carbocycles. The second-order valence-electron chi connectivity index (χ2n) is 5.89. The minimum absolute atomic E-state index is 0.0114. The number of nitrogens with one attached hydrogen (secondary N) is 1. The molecule has 0 spiro atoms. The van der Waals surface area contributed by atoms with Crippen LogP contribution in [0.25, 0.3) is 0 Å². The number of carbonyl (C=O) groups excluding carboxylic acids is 1. The maximum absolute atomic E-state index is 12.3. The summed E-state index contributed by atoms with van der Waals surface area (Å²) in [7, 11) is 4.18. The van der Waals surface area contributed by atoms with Gasteiger partial charge >= 0.3 is 0 Å². The van der Waals surface area contributed by atoms with Crippen LogP contribution >= 0.6 is 11.6 Å². The van der Waals surface area contributed by atoms with Gasteiger partial charge in [0.15, 0.2) is 0 Å². The summed E-state index contributed by atoms with van der Waals surface area (Å²) in [5, 5.41) is 3.86. The summed E-state index contributed by atoms with van der Waals surface area (Å²) in [6.45, 7) is 1.03. The molecule has 1 saturated carbocycles. The van der Waals surface area contributed by atoms with Crippen LogP contribution in [0.15, 0.2) is 24.3 Å². The Balaban J connectivity index is 1.99. The molecule has 3 nitrogen and oxygen atoms in total. The molecule has 20 heavy (non-hydrogen) atoms. The van der Waals surface area contributed by atoms with Crippen molar-refractivity contribution in [2.24, 2.45) is 5.92 Å². The van der Waals surface area contributed by atoms with E-state index < -0.39 is 0 Å². The molecular formula is C16H23ClN2O. The molecule has 0 radical (unpaired) electrons. The van der Waals surface area contributed by atoms with Crippen LogP contribution in [-0.2, 0) is 0 Å². The molecule has 0 aliphatic heterocycles. The van der Waals surface area contributed by atoms with E-state index in [0.717, 1.165) is 13.0 Å². The number of halogens is 1. The Hall–Kier alpha value is -1.06. The van der Waals surface area contributed by atoms with E-state index in [4.69, 9.17) is 11.6 Å². The van der Waals surface area contributed by atoms with Crippen LogP contribution in [-0.4, -0.2) is 37.5 Å². The Morgan fingerprint density at radius 3 is 2.55 bits per heavy atom. The van der Waals surface area contributed by atoms with E-state index in [-0.39, 0.29) is 11.9 Å². The average Bonchev–Trinajstić information content (AvgIpc) is 2.41. The number of hydrogen-bond donors (Lipinski definition) is 1. The third-order valence-corrected chi connectivity index (χ3v) is 4.18. The zero-order valence-electron chi connectivity index (χ0n) is 12.2. The van der Waals surface area contributed by atoms with Gasteiger partial charge in [-0.2, -0.15) is 0 Å². The van der Waals surface area contributed by atoms with Gasteiger partial charge in [0.25, 0.3) is 5.91 Å². The Morgan fingerprint density at radius 2 is 1.90 bits per heavy atom. The predicted octanol–water partition coefficient (Wildman–Crippen LogP) is 3.19. The van der Waals surface area contributed by atoms with Gasteiger partial charge in [0.1, 0.15) is 0 Å². The van der Waals surface area contributed by atoms with E-state index >= 15 is 0 Å². The molecule has 1 N–H and O–H groups in total. The van der Waals surface area contributed by atoms with E-state index in [2.05, 4.69) is 24.3 Å². The highest BCUT2D eigenvalue weighted by Gasteiger charge is 2.27. The van der Waals surface area contributed by atoms with Crippen molar-refractivity contribution < 1.29 is 4.79 Å². The Morgan fingerprint density at radius 1 is 1.25 bits per heavy atom. The first kappa shape index (κ1) is 15.3. The van der Waals surface area contributed by atoms with Crippen molar-refractivity contribution in [3.8, 4) is 0 Å². The Labute approximate surface area is 126 Å². The molecule has 2 atom stereocenters. The summed E-state index contributed by atoms with van der Waals surface area (Å²) in [6.07, 6.45) is 4.75. The lowest BCUT2D eigenvalue weighted by atomic mass is 9.84. The summed E-state index contributed by atoms with van der Waals surface area (Å²) in [5.74, 6) is 0.562. The summed E-state index contributed by atoms with van der Waals surface area (Å²) in [6, 6.07) is 7.36. The lowest BCUT2D eigenvalue weighted by Crippen LogP contribution is -2.45. The van der Waals surface area contributed by atoms with Crippen LogP contribution in [0.3, 0.4) is 0 Å². The first-order chi connectivity index (χ1) is 9.56. The van der Waals surface area contributed by atoms with Gasteiger partial charge in [-0.3, -0.25) is 4.79 Å². The lowest BCUT2D eigenvalue weighted by molar-refractivity contribution is 0.0895. The number of benzene rings is 1. The van der Waals surface area contributed by atoms with E-state index in [1.165, 1.54) is 19.3 Å². The molecule has 110 valence electrons. The largest absolute Gasteiger partial charge is 0.349 e. The minimum Gasteiger partial charge on any atom is -0.349 e. The predicted molar refractivity (Wildman–Crippen MR) is 83.2 cm³/mol. The van der Waals surface area contributed by atoms with Gasteiger partial charge in [0, 0.05) is 23.2 Å². The van der Waals surface area contributed by atoms with E-state index in [0.29, 0.717) is 16.5 Å². The van der Waals surface area contributed by atoms with E-state index in [1.807, 2.05) is 0 Å². The van der Waals surface area contributed by atoms with Crippen LogP contribution < -0.4 is 5.32 Å². The molecule has 4 heteroatoms. The van der Waals surface area contributed by atoms with Crippen molar-refractivity contribution in [3.63, 3.8) is 0 Å². The van der Waals surface area contributed by atoms with Gasteiger partial charge in [0.05, 0.1) is 0 Å². The molecule has 1 amide bonds. The molecule has 1 aromatic carbocycles. The molecule has 1 aromatic rings. The molecule has 1 fully saturated rings. The minimum atomic E-state index is 0.0114. The highest BCUT2D eigenvalue weighted by molar-refractivity contribution is 6.30. The Bertz CT molecular complexity index is 444. The van der Waals surface area contributed by atoms with Crippen LogP contribution in [0.1, 0.15) is 36.0 Å². The standard InChI is InChI=1S/C16H23ClN2O/c1-19(2)11-13-5-3-4-6-15(13)18-16(20)12-7-9-14(17)10-8-12/h7-10,13,15H,3-6,11H2,1-2H3,(H,18,20). The van der Waals surface area contributed by atoms with Gasteiger partial charge < -0.3 is 10.2 Å². The third kappa shape index (κ3) is 4.22. The van der Waals surface area contributed by atoms with Crippen molar-refractivity contribution >= 4 is 17.5 Å². The van der Waals surface area contributed by atoms with Gasteiger partial charge in [-0.1, -0.05) is 24.4 Å². The second kappa shape index (κ2) is 7.09. The van der Waals surface area contributed by atoms with Gasteiger partial charge in [-0.15, -0.1) is 0 Å². The fraction of sp³-hybridized carbons (Fsp3) is 0.562. The molecule has 0 bridgehead atoms. The molecule has 2 unspecified atom stereocenters. The summed E-state index contributed by atoms with van der Waals surface area (Å²) in [4.78, 5) is 14.5. The summed E-state index contributed by atoms with van der Waals surface area (Å²) < 4.78 is 0. The number of hydrogen-bond acceptors (Lipinski definition) is 2. The first-order valence-electron chi connectivity index (χ1n) is 7.27. The molecule has 2 rings (SSSR count). The van der Waals surface area contributed by atoms with Crippen molar-refractivity contribution in [2.45, 2.75) is 31.7 Å². The fourth-order valence-corrected chi connectivity index (χ4v) is 3.06. The number of nitrogens with zero attached hydrogens (tertiary/aromatic N) is 1. The maximum atomic E-state index is 12.3. The average molecular weight is 295 g/mol. The molecule has 0 aromatic heterocycles. The van der Waals surface area contributed by atoms with Crippen LogP contribution in [0, 0.1) is 5.92 Å². The van der Waals surface area contributed by atoms with Gasteiger partial charge in [-0.05, 0) is 57.1 Å². The van der Waals surface area contributed by atoms with Gasteiger partial charge in [0.2, 0.25) is 0 Å². The number of amides is 1. The van der Waals surface area contributed by atoms with Crippen molar-refractivity contribution in [1.29, 1.82) is 0 Å². The van der Waals surface area contributed by atoms with Crippen LogP contribution in [0.2, 0.25) is 5.02 Å². The second-order valence-corrected chi connectivity index (χ2v) is 6.33. The van der Waals surface area contributed by atoms with Crippen molar-refractivity contribution in [1.82, 2.24) is 10.2 Å². The first-order valence-corrected chi connectivity index (χ1v) is 7.65. The molecular weight excluding hydrogens is 272 g/mol. The summed E-state index contributed by atoms with van der Waals surface area (Å²) >= 11 is 5.85. The number of carbonyl (C=O) groups is 1. The fourth-order valence-electron chi connectivity index (χ4n) is 2.94. The molecule has 0 saturated heterocycles. The zero-order chi connectivity index (χ0) is 14.5. The monoisotopic (exact) mass is 294 g/mol. The quantitative estimate of drug-likeness (QED) is 0.925. The topological polar surface area (TPSA) is 32.3 Å². The highest BCUT2D eigenvalue weighted by Crippen LogP contribution is 2.25. The number of rotatable bonds is 4. The zero-order valence-corrected chi connectivity index (χ0v) is 13.0. The third-order valence-electron chi connectivity index (χ3n) is 3.93. The van der Waals surface area contributed by atoms with Crippen LogP contribution in [0.4, 0.5) is 0 Å². The van der Waals surface area contributed by atoms with E-state index in [1.54, 1.807) is 24.3 Å². The van der Waals surface area contributed by atoms with Crippen molar-refractivity contribution in [2.75, 3.05) is 20.6 Å². The van der Waals surface area contributed by atoms with Crippen LogP contribution in [0.5, 0.6) is 0 Å². The normalized spacial score (nSPS) is 22.8. The lowest BCUT2D eigenvalue weighted by Gasteiger charge is -2.34. The smallest absolute Gasteiger partial charge is 0.251 e. The SMILES string of the molecule is CN(C)CC1CCCCC1NC(=O)c1ccc(Cl)cc1. The van der Waals surface area contributed by atoms with E-state index in [9.17, 15) is 4.79 Å². The maximum Gasteiger partial charge on any atom is 0.251 e. The molecule has 1 aliphatic rings. The van der Waals surface area contributed by atoms with Crippen molar-refractivity contribution in [3.05, 3.63) is 34.9 Å². The van der Waals surface area contributed by atoms with Gasteiger partial charge in [-0.25, -0.2) is 0 Å². The Kier molecular flexibility index (Phi) is 5.44.